The zero-order valence-electron chi connectivity index (χ0n) is 13.7. The molecule has 0 heterocycles. The molecule has 23 heavy (non-hydrogen) atoms. The Bertz CT molecular complexity index is 630. The van der Waals surface area contributed by atoms with Gasteiger partial charge in [-0.1, -0.05) is 12.2 Å². The molecule has 0 aliphatic carbocycles. The maximum Gasteiger partial charge on any atom is 0.127 e. The smallest absolute Gasteiger partial charge is 0.127 e. The normalized spacial score (nSPS) is 10.0. The minimum Gasteiger partial charge on any atom is -0.496 e. The Morgan fingerprint density at radius 1 is 0.783 bits per heavy atom. The monoisotopic (exact) mass is 310 g/mol. The van der Waals surface area contributed by atoms with Crippen LogP contribution in [0.3, 0.4) is 0 Å². The van der Waals surface area contributed by atoms with Crippen molar-refractivity contribution in [2.75, 3.05) is 14.2 Å². The van der Waals surface area contributed by atoms with Crippen LogP contribution >= 0.6 is 0 Å². The van der Waals surface area contributed by atoms with Gasteiger partial charge in [-0.2, -0.15) is 0 Å². The third-order valence-electron chi connectivity index (χ3n) is 3.47. The molecule has 0 aliphatic rings. The van der Waals surface area contributed by atoms with Gasteiger partial charge in [-0.15, -0.1) is 13.2 Å². The van der Waals surface area contributed by atoms with Gasteiger partial charge in [-0.25, -0.2) is 0 Å². The SMILES string of the molecule is C=CCc1cc(Oc2ccc(OC)c(CC=C)c2)ccc1OC. The summed E-state index contributed by atoms with van der Waals surface area (Å²) in [6, 6.07) is 11.5. The maximum atomic E-state index is 5.97. The van der Waals surface area contributed by atoms with Crippen molar-refractivity contribution in [1.82, 2.24) is 0 Å². The number of methoxy groups -OCH3 is 2. The van der Waals surface area contributed by atoms with E-state index in [2.05, 4.69) is 13.2 Å². The van der Waals surface area contributed by atoms with Crippen molar-refractivity contribution < 1.29 is 14.2 Å². The van der Waals surface area contributed by atoms with E-state index in [1.165, 1.54) is 0 Å². The second-order valence-electron chi connectivity index (χ2n) is 5.03. The van der Waals surface area contributed by atoms with E-state index in [4.69, 9.17) is 14.2 Å². The van der Waals surface area contributed by atoms with E-state index in [0.717, 1.165) is 47.0 Å². The van der Waals surface area contributed by atoms with Gasteiger partial charge in [-0.05, 0) is 49.2 Å². The highest BCUT2D eigenvalue weighted by atomic mass is 16.5. The fourth-order valence-electron chi connectivity index (χ4n) is 2.40. The first kappa shape index (κ1) is 16.7. The number of benzene rings is 2. The Morgan fingerprint density at radius 2 is 1.22 bits per heavy atom. The molecule has 0 saturated heterocycles. The fraction of sp³-hybridized carbons (Fsp3) is 0.200. The van der Waals surface area contributed by atoms with Gasteiger partial charge >= 0.3 is 0 Å². The molecular weight excluding hydrogens is 288 g/mol. The number of allylic oxidation sites excluding steroid dienone is 2. The quantitative estimate of drug-likeness (QED) is 0.645. The van der Waals surface area contributed by atoms with Crippen molar-refractivity contribution in [3.05, 3.63) is 72.8 Å². The Kier molecular flexibility index (Phi) is 5.87. The molecule has 120 valence electrons. The zero-order chi connectivity index (χ0) is 16.7. The molecular formula is C20H22O3. The van der Waals surface area contributed by atoms with E-state index in [0.29, 0.717) is 0 Å². The summed E-state index contributed by atoms with van der Waals surface area (Å²) < 4.78 is 16.7. The minimum atomic E-state index is 0.727. The molecule has 3 heteroatoms. The van der Waals surface area contributed by atoms with Gasteiger partial charge in [0.1, 0.15) is 23.0 Å². The van der Waals surface area contributed by atoms with E-state index in [9.17, 15) is 0 Å². The highest BCUT2D eigenvalue weighted by Crippen LogP contribution is 2.31. The first-order chi connectivity index (χ1) is 11.2. The van der Waals surface area contributed by atoms with Crippen LogP contribution in [0.15, 0.2) is 61.7 Å². The molecule has 0 N–H and O–H groups in total. The lowest BCUT2D eigenvalue weighted by atomic mass is 10.1. The van der Waals surface area contributed by atoms with Crippen LogP contribution in [0.1, 0.15) is 11.1 Å². The van der Waals surface area contributed by atoms with Gasteiger partial charge in [-0.3, -0.25) is 0 Å². The van der Waals surface area contributed by atoms with Crippen LogP contribution in [-0.2, 0) is 12.8 Å². The molecule has 3 nitrogen and oxygen atoms in total. The minimum absolute atomic E-state index is 0.727. The first-order valence-electron chi connectivity index (χ1n) is 7.45. The summed E-state index contributed by atoms with van der Waals surface area (Å²) >= 11 is 0. The lowest BCUT2D eigenvalue weighted by molar-refractivity contribution is 0.406. The Labute approximate surface area is 137 Å². The van der Waals surface area contributed by atoms with Crippen molar-refractivity contribution in [3.8, 4) is 23.0 Å². The summed E-state index contributed by atoms with van der Waals surface area (Å²) in [4.78, 5) is 0. The molecule has 0 radical (unpaired) electrons. The van der Waals surface area contributed by atoms with Crippen LogP contribution < -0.4 is 14.2 Å². The molecule has 0 aromatic heterocycles. The Morgan fingerprint density at radius 3 is 1.57 bits per heavy atom. The summed E-state index contributed by atoms with van der Waals surface area (Å²) in [6.07, 6.45) is 5.14. The Balaban J connectivity index is 2.27. The van der Waals surface area contributed by atoms with Gasteiger partial charge in [0.25, 0.3) is 0 Å². The summed E-state index contributed by atoms with van der Waals surface area (Å²) in [5.74, 6) is 3.19. The van der Waals surface area contributed by atoms with Crippen LogP contribution in [0.2, 0.25) is 0 Å². The maximum absolute atomic E-state index is 5.97. The van der Waals surface area contributed by atoms with Crippen molar-refractivity contribution in [2.45, 2.75) is 12.8 Å². The number of hydrogen-bond acceptors (Lipinski definition) is 3. The van der Waals surface area contributed by atoms with Gasteiger partial charge in [0.15, 0.2) is 0 Å². The molecule has 2 rings (SSSR count). The zero-order valence-corrected chi connectivity index (χ0v) is 13.7. The van der Waals surface area contributed by atoms with Crippen LogP contribution in [0.25, 0.3) is 0 Å². The van der Waals surface area contributed by atoms with E-state index in [1.807, 2.05) is 48.6 Å². The molecule has 0 spiro atoms. The van der Waals surface area contributed by atoms with Crippen LogP contribution in [0.5, 0.6) is 23.0 Å². The second-order valence-corrected chi connectivity index (χ2v) is 5.03. The number of hydrogen-bond donors (Lipinski definition) is 0. The topological polar surface area (TPSA) is 27.7 Å². The lowest BCUT2D eigenvalue weighted by Crippen LogP contribution is -1.94. The highest BCUT2D eigenvalue weighted by Gasteiger charge is 2.07. The summed E-state index contributed by atoms with van der Waals surface area (Å²) in [7, 11) is 3.32. The van der Waals surface area contributed by atoms with Gasteiger partial charge in [0, 0.05) is 11.1 Å². The van der Waals surface area contributed by atoms with Crippen molar-refractivity contribution in [2.24, 2.45) is 0 Å². The molecule has 0 aliphatic heterocycles. The van der Waals surface area contributed by atoms with Crippen LogP contribution in [0, 0.1) is 0 Å². The summed E-state index contributed by atoms with van der Waals surface area (Å²) in [5, 5.41) is 0. The van der Waals surface area contributed by atoms with Crippen molar-refractivity contribution >= 4 is 0 Å². The lowest BCUT2D eigenvalue weighted by Gasteiger charge is -2.13. The van der Waals surface area contributed by atoms with E-state index < -0.39 is 0 Å². The van der Waals surface area contributed by atoms with Gasteiger partial charge in [0.05, 0.1) is 14.2 Å². The Hall–Kier alpha value is -2.68. The molecule has 2 aromatic carbocycles. The number of rotatable bonds is 8. The summed E-state index contributed by atoms with van der Waals surface area (Å²) in [6.45, 7) is 7.55. The molecule has 0 atom stereocenters. The van der Waals surface area contributed by atoms with Crippen molar-refractivity contribution in [1.29, 1.82) is 0 Å². The molecule has 0 unspecified atom stereocenters. The molecule has 0 amide bonds. The largest absolute Gasteiger partial charge is 0.496 e. The van der Waals surface area contributed by atoms with Crippen molar-refractivity contribution in [3.63, 3.8) is 0 Å². The molecule has 0 saturated carbocycles. The summed E-state index contributed by atoms with van der Waals surface area (Å²) in [5.41, 5.74) is 2.08. The fourth-order valence-corrected chi connectivity index (χ4v) is 2.40. The second kappa shape index (κ2) is 8.08. The van der Waals surface area contributed by atoms with E-state index >= 15 is 0 Å². The van der Waals surface area contributed by atoms with Crippen LogP contribution in [0.4, 0.5) is 0 Å². The highest BCUT2D eigenvalue weighted by molar-refractivity contribution is 5.46. The average Bonchev–Trinajstić information content (AvgIpc) is 2.56. The predicted molar refractivity (Wildman–Crippen MR) is 93.9 cm³/mol. The standard InChI is InChI=1S/C20H22O3/c1-5-7-15-13-17(9-11-19(15)21-3)23-18-10-12-20(22-4)16(14-18)8-6-2/h5-6,9-14H,1-2,7-8H2,3-4H3. The third kappa shape index (κ3) is 4.16. The van der Waals surface area contributed by atoms with Gasteiger partial charge in [0.2, 0.25) is 0 Å². The average molecular weight is 310 g/mol. The molecule has 0 bridgehead atoms. The van der Waals surface area contributed by atoms with E-state index in [1.54, 1.807) is 14.2 Å². The van der Waals surface area contributed by atoms with Crippen LogP contribution in [-0.4, -0.2) is 14.2 Å². The van der Waals surface area contributed by atoms with E-state index in [-0.39, 0.29) is 0 Å². The predicted octanol–water partition coefficient (Wildman–Crippen LogP) is 4.95. The molecule has 0 fully saturated rings. The third-order valence-corrected chi connectivity index (χ3v) is 3.47. The first-order valence-corrected chi connectivity index (χ1v) is 7.45. The van der Waals surface area contributed by atoms with Gasteiger partial charge < -0.3 is 14.2 Å². The number of ether oxygens (including phenoxy) is 3. The molecule has 2 aromatic rings.